The van der Waals surface area contributed by atoms with Crippen molar-refractivity contribution < 1.29 is 10.0 Å². The molecule has 13 heavy (non-hydrogen) atoms. The molecule has 1 fully saturated rings. The molecule has 0 saturated heterocycles. The molecule has 0 aromatic carbocycles. The third-order valence-corrected chi connectivity index (χ3v) is 2.87. The number of carbonyl (C=O) groups excluding carboxylic acids is 1. The molecule has 1 atom stereocenters. The van der Waals surface area contributed by atoms with Crippen LogP contribution in [-0.4, -0.2) is 11.1 Å². The van der Waals surface area contributed by atoms with Crippen LogP contribution in [0.4, 0.5) is 0 Å². The summed E-state index contributed by atoms with van der Waals surface area (Å²) >= 11 is 0. The van der Waals surface area contributed by atoms with Gasteiger partial charge in [-0.15, -0.1) is 0 Å². The molecule has 0 aromatic heterocycles. The maximum absolute atomic E-state index is 10.8. The van der Waals surface area contributed by atoms with Gasteiger partial charge in [-0.3, -0.25) is 10.0 Å². The zero-order chi connectivity index (χ0) is 9.68. The second kappa shape index (κ2) is 5.22. The first kappa shape index (κ1) is 10.5. The van der Waals surface area contributed by atoms with Gasteiger partial charge in [-0.1, -0.05) is 32.6 Å². The smallest absolute Gasteiger partial charge is 0.243 e. The van der Waals surface area contributed by atoms with Gasteiger partial charge >= 0.3 is 0 Å². The van der Waals surface area contributed by atoms with Crippen molar-refractivity contribution >= 4 is 5.91 Å². The Bertz CT molecular complexity index is 164. The second-order valence-electron chi connectivity index (χ2n) is 4.23. The van der Waals surface area contributed by atoms with Crippen LogP contribution in [0, 0.1) is 11.8 Å². The van der Waals surface area contributed by atoms with Crippen LogP contribution in [0.3, 0.4) is 0 Å². The predicted molar refractivity (Wildman–Crippen MR) is 50.3 cm³/mol. The van der Waals surface area contributed by atoms with Gasteiger partial charge in [0.2, 0.25) is 5.91 Å². The van der Waals surface area contributed by atoms with E-state index in [1.54, 1.807) is 5.48 Å². The minimum atomic E-state index is -0.259. The molecular formula is C10H19NO2. The van der Waals surface area contributed by atoms with Crippen LogP contribution < -0.4 is 5.48 Å². The minimum absolute atomic E-state index is 0.259. The highest BCUT2D eigenvalue weighted by molar-refractivity contribution is 5.74. The number of hydrogen-bond acceptors (Lipinski definition) is 2. The summed E-state index contributed by atoms with van der Waals surface area (Å²) in [5.41, 5.74) is 1.68. The number of amides is 1. The van der Waals surface area contributed by atoms with E-state index in [0.717, 1.165) is 12.3 Å². The molecule has 0 aromatic rings. The minimum Gasteiger partial charge on any atom is -0.289 e. The van der Waals surface area contributed by atoms with Crippen molar-refractivity contribution in [2.24, 2.45) is 11.8 Å². The molecule has 0 bridgehead atoms. The number of hydroxylamine groups is 1. The summed E-state index contributed by atoms with van der Waals surface area (Å²) in [4.78, 5) is 10.8. The van der Waals surface area contributed by atoms with Gasteiger partial charge in [0, 0.05) is 6.42 Å². The Kier molecular flexibility index (Phi) is 4.22. The van der Waals surface area contributed by atoms with Gasteiger partial charge < -0.3 is 0 Å². The molecule has 1 unspecified atom stereocenters. The highest BCUT2D eigenvalue weighted by Gasteiger charge is 2.18. The van der Waals surface area contributed by atoms with Crippen molar-refractivity contribution in [3.8, 4) is 0 Å². The van der Waals surface area contributed by atoms with E-state index in [2.05, 4.69) is 6.92 Å². The van der Waals surface area contributed by atoms with Gasteiger partial charge in [-0.2, -0.15) is 0 Å². The predicted octanol–water partition coefficient (Wildman–Crippen LogP) is 2.10. The molecule has 76 valence electrons. The van der Waals surface area contributed by atoms with E-state index in [0.29, 0.717) is 12.3 Å². The first-order valence-electron chi connectivity index (χ1n) is 5.15. The van der Waals surface area contributed by atoms with Crippen LogP contribution in [0.1, 0.15) is 45.4 Å². The Labute approximate surface area is 79.5 Å². The molecule has 3 heteroatoms. The largest absolute Gasteiger partial charge is 0.289 e. The highest BCUT2D eigenvalue weighted by atomic mass is 16.5. The molecule has 0 aliphatic heterocycles. The maximum Gasteiger partial charge on any atom is 0.243 e. The van der Waals surface area contributed by atoms with Gasteiger partial charge in [0.15, 0.2) is 0 Å². The van der Waals surface area contributed by atoms with Crippen molar-refractivity contribution in [2.45, 2.75) is 45.4 Å². The monoisotopic (exact) mass is 185 g/mol. The molecular weight excluding hydrogens is 166 g/mol. The fraction of sp³-hybridized carbons (Fsp3) is 0.900. The zero-order valence-electron chi connectivity index (χ0n) is 8.25. The van der Waals surface area contributed by atoms with Crippen molar-refractivity contribution in [3.63, 3.8) is 0 Å². The summed E-state index contributed by atoms with van der Waals surface area (Å²) in [6.07, 6.45) is 6.93. The lowest BCUT2D eigenvalue weighted by atomic mass is 9.92. The van der Waals surface area contributed by atoms with Crippen LogP contribution in [0.15, 0.2) is 0 Å². The van der Waals surface area contributed by atoms with Gasteiger partial charge in [0.1, 0.15) is 0 Å². The Morgan fingerprint density at radius 1 is 1.54 bits per heavy atom. The zero-order valence-corrected chi connectivity index (χ0v) is 8.25. The summed E-state index contributed by atoms with van der Waals surface area (Å²) in [7, 11) is 0. The third kappa shape index (κ3) is 3.77. The van der Waals surface area contributed by atoms with Crippen LogP contribution in [0.5, 0.6) is 0 Å². The van der Waals surface area contributed by atoms with Crippen LogP contribution in [0.2, 0.25) is 0 Å². The summed E-state index contributed by atoms with van der Waals surface area (Å²) in [5, 5.41) is 8.34. The topological polar surface area (TPSA) is 49.3 Å². The van der Waals surface area contributed by atoms with Crippen molar-refractivity contribution in [3.05, 3.63) is 0 Å². The SMILES string of the molecule is CC(CC(=O)NO)CC1CCCC1. The molecule has 1 aliphatic rings. The molecule has 0 heterocycles. The summed E-state index contributed by atoms with van der Waals surface area (Å²) in [6, 6.07) is 0. The molecule has 2 N–H and O–H groups in total. The quantitative estimate of drug-likeness (QED) is 0.520. The average molecular weight is 185 g/mol. The van der Waals surface area contributed by atoms with E-state index in [-0.39, 0.29) is 5.91 Å². The fourth-order valence-corrected chi connectivity index (χ4v) is 2.26. The maximum atomic E-state index is 10.8. The molecule has 0 spiro atoms. The number of rotatable bonds is 4. The van der Waals surface area contributed by atoms with E-state index in [1.807, 2.05) is 0 Å². The lowest BCUT2D eigenvalue weighted by Crippen LogP contribution is -2.21. The average Bonchev–Trinajstić information content (AvgIpc) is 2.56. The number of hydrogen-bond donors (Lipinski definition) is 2. The Hall–Kier alpha value is -0.570. The normalized spacial score (nSPS) is 20.2. The summed E-state index contributed by atoms with van der Waals surface area (Å²) in [6.45, 7) is 2.08. The van der Waals surface area contributed by atoms with Crippen LogP contribution in [0.25, 0.3) is 0 Å². The Morgan fingerprint density at radius 3 is 2.69 bits per heavy atom. The Morgan fingerprint density at radius 2 is 2.15 bits per heavy atom. The van der Waals surface area contributed by atoms with E-state index in [9.17, 15) is 4.79 Å². The van der Waals surface area contributed by atoms with Crippen LogP contribution in [-0.2, 0) is 4.79 Å². The van der Waals surface area contributed by atoms with Crippen molar-refractivity contribution in [1.82, 2.24) is 5.48 Å². The van der Waals surface area contributed by atoms with Crippen molar-refractivity contribution in [2.75, 3.05) is 0 Å². The number of nitrogens with one attached hydrogen (secondary N) is 1. The molecule has 1 rings (SSSR count). The van der Waals surface area contributed by atoms with E-state index < -0.39 is 0 Å². The lowest BCUT2D eigenvalue weighted by molar-refractivity contribution is -0.130. The molecule has 1 aliphatic carbocycles. The van der Waals surface area contributed by atoms with E-state index in [1.165, 1.54) is 25.7 Å². The highest BCUT2D eigenvalue weighted by Crippen LogP contribution is 2.30. The summed E-state index contributed by atoms with van der Waals surface area (Å²) < 4.78 is 0. The second-order valence-corrected chi connectivity index (χ2v) is 4.23. The van der Waals surface area contributed by atoms with Gasteiger partial charge in [-0.25, -0.2) is 5.48 Å². The lowest BCUT2D eigenvalue weighted by Gasteiger charge is -2.14. The first-order valence-corrected chi connectivity index (χ1v) is 5.15. The number of carbonyl (C=O) groups is 1. The standard InChI is InChI=1S/C10H19NO2/c1-8(7-10(12)11-13)6-9-4-2-3-5-9/h8-9,13H,2-7H2,1H3,(H,11,12). The third-order valence-electron chi connectivity index (χ3n) is 2.87. The van der Waals surface area contributed by atoms with Gasteiger partial charge in [0.25, 0.3) is 0 Å². The Balaban J connectivity index is 2.16. The van der Waals surface area contributed by atoms with Gasteiger partial charge in [0.05, 0.1) is 0 Å². The first-order chi connectivity index (χ1) is 6.22. The molecule has 0 radical (unpaired) electrons. The van der Waals surface area contributed by atoms with E-state index in [4.69, 9.17) is 5.21 Å². The van der Waals surface area contributed by atoms with Gasteiger partial charge in [-0.05, 0) is 18.3 Å². The van der Waals surface area contributed by atoms with E-state index >= 15 is 0 Å². The molecule has 3 nitrogen and oxygen atoms in total. The van der Waals surface area contributed by atoms with Crippen molar-refractivity contribution in [1.29, 1.82) is 0 Å². The molecule has 1 saturated carbocycles. The van der Waals surface area contributed by atoms with Crippen LogP contribution >= 0.6 is 0 Å². The fourth-order valence-electron chi connectivity index (χ4n) is 2.26. The molecule has 1 amide bonds. The summed E-state index contributed by atoms with van der Waals surface area (Å²) in [5.74, 6) is 0.960.